The maximum atomic E-state index is 11.6. The molecule has 7 nitrogen and oxygen atoms in total. The third kappa shape index (κ3) is 2.80. The molecule has 0 saturated carbocycles. The van der Waals surface area contributed by atoms with Crippen molar-refractivity contribution in [1.29, 1.82) is 0 Å². The van der Waals surface area contributed by atoms with E-state index in [1.54, 1.807) is 20.8 Å². The van der Waals surface area contributed by atoms with Crippen LogP contribution in [0.2, 0.25) is 0 Å². The number of ether oxygens (including phenoxy) is 1. The molecule has 0 aliphatic rings. The van der Waals surface area contributed by atoms with Crippen LogP contribution in [0.4, 0.5) is 0 Å². The van der Waals surface area contributed by atoms with Gasteiger partial charge in [0.25, 0.3) is 0 Å². The highest BCUT2D eigenvalue weighted by atomic mass is 16.5. The highest BCUT2D eigenvalue weighted by Gasteiger charge is 2.23. The molecule has 1 rings (SSSR count). The standard InChI is InChI=1S/C10H18N4O3/c1-4-17-10(16)9-8(5-11)14(13-12-9)6(2)7(3)15/h6-7,15H,4-5,11H2,1-3H3. The molecule has 0 radical (unpaired) electrons. The van der Waals surface area contributed by atoms with Crippen LogP contribution in [0.3, 0.4) is 0 Å². The van der Waals surface area contributed by atoms with Crippen molar-refractivity contribution < 1.29 is 14.6 Å². The van der Waals surface area contributed by atoms with Crippen LogP contribution < -0.4 is 5.73 Å². The summed E-state index contributed by atoms with van der Waals surface area (Å²) in [5, 5.41) is 17.1. The number of hydrogen-bond donors (Lipinski definition) is 2. The Hall–Kier alpha value is -1.47. The second-order valence-corrected chi connectivity index (χ2v) is 3.74. The van der Waals surface area contributed by atoms with Crippen LogP contribution in [-0.4, -0.2) is 38.8 Å². The van der Waals surface area contributed by atoms with E-state index < -0.39 is 12.1 Å². The summed E-state index contributed by atoms with van der Waals surface area (Å²) in [5.41, 5.74) is 6.16. The minimum absolute atomic E-state index is 0.109. The second-order valence-electron chi connectivity index (χ2n) is 3.74. The predicted octanol–water partition coefficient (Wildman–Crippen LogP) is -0.145. The summed E-state index contributed by atoms with van der Waals surface area (Å²) in [6.45, 7) is 5.49. The Balaban J connectivity index is 3.07. The molecule has 0 fully saturated rings. The van der Waals surface area contributed by atoms with Gasteiger partial charge in [-0.25, -0.2) is 9.48 Å². The lowest BCUT2D eigenvalue weighted by Crippen LogP contribution is -2.23. The number of carbonyl (C=O) groups excluding carboxylic acids is 1. The van der Waals surface area contributed by atoms with E-state index in [0.29, 0.717) is 5.69 Å². The van der Waals surface area contributed by atoms with Gasteiger partial charge >= 0.3 is 5.97 Å². The molecule has 1 aromatic rings. The maximum Gasteiger partial charge on any atom is 0.360 e. The highest BCUT2D eigenvalue weighted by molar-refractivity contribution is 5.88. The number of carbonyl (C=O) groups is 1. The zero-order valence-corrected chi connectivity index (χ0v) is 10.3. The van der Waals surface area contributed by atoms with Gasteiger partial charge < -0.3 is 15.6 Å². The summed E-state index contributed by atoms with van der Waals surface area (Å²) >= 11 is 0. The molecule has 2 unspecified atom stereocenters. The number of hydrogen-bond acceptors (Lipinski definition) is 6. The summed E-state index contributed by atoms with van der Waals surface area (Å²) < 4.78 is 6.31. The lowest BCUT2D eigenvalue weighted by atomic mass is 10.2. The van der Waals surface area contributed by atoms with Crippen molar-refractivity contribution in [2.45, 2.75) is 39.5 Å². The first-order valence-corrected chi connectivity index (χ1v) is 5.52. The SMILES string of the molecule is CCOC(=O)c1nnn(C(C)C(C)O)c1CN. The van der Waals surface area contributed by atoms with E-state index in [0.717, 1.165) is 0 Å². The van der Waals surface area contributed by atoms with Gasteiger partial charge in [-0.05, 0) is 20.8 Å². The smallest absolute Gasteiger partial charge is 0.360 e. The zero-order valence-electron chi connectivity index (χ0n) is 10.3. The average molecular weight is 242 g/mol. The number of aromatic nitrogens is 3. The number of nitrogens with zero attached hydrogens (tertiary/aromatic N) is 3. The summed E-state index contributed by atoms with van der Waals surface area (Å²) in [5.74, 6) is -0.544. The molecule has 0 amide bonds. The molecule has 3 N–H and O–H groups in total. The van der Waals surface area contributed by atoms with Crippen LogP contribution in [0.25, 0.3) is 0 Å². The van der Waals surface area contributed by atoms with Crippen molar-refractivity contribution in [1.82, 2.24) is 15.0 Å². The average Bonchev–Trinajstić information content (AvgIpc) is 2.71. The molecular weight excluding hydrogens is 224 g/mol. The zero-order chi connectivity index (χ0) is 13.0. The fraction of sp³-hybridized carbons (Fsp3) is 0.700. The molecular formula is C10H18N4O3. The largest absolute Gasteiger partial charge is 0.461 e. The topological polar surface area (TPSA) is 103 Å². The Morgan fingerprint density at radius 2 is 2.24 bits per heavy atom. The van der Waals surface area contributed by atoms with Crippen molar-refractivity contribution in [2.24, 2.45) is 5.73 Å². The van der Waals surface area contributed by atoms with Gasteiger partial charge in [-0.15, -0.1) is 5.10 Å². The third-order valence-corrected chi connectivity index (χ3v) is 2.54. The minimum Gasteiger partial charge on any atom is -0.461 e. The van der Waals surface area contributed by atoms with Gasteiger partial charge in [-0.3, -0.25) is 0 Å². The third-order valence-electron chi connectivity index (χ3n) is 2.54. The summed E-state index contributed by atoms with van der Waals surface area (Å²) in [4.78, 5) is 11.6. The number of nitrogens with two attached hydrogens (primary N) is 1. The van der Waals surface area contributed by atoms with Crippen molar-refractivity contribution in [3.8, 4) is 0 Å². The van der Waals surface area contributed by atoms with Gasteiger partial charge in [0.2, 0.25) is 0 Å². The number of aliphatic hydroxyl groups is 1. The fourth-order valence-corrected chi connectivity index (χ4v) is 1.39. The Kier molecular flexibility index (Phi) is 4.59. The molecule has 17 heavy (non-hydrogen) atoms. The van der Waals surface area contributed by atoms with Gasteiger partial charge in [-0.1, -0.05) is 5.21 Å². The van der Waals surface area contributed by atoms with Crippen molar-refractivity contribution in [3.05, 3.63) is 11.4 Å². The first kappa shape index (κ1) is 13.6. The molecule has 0 saturated heterocycles. The molecule has 96 valence electrons. The summed E-state index contributed by atoms with van der Waals surface area (Å²) in [6.07, 6.45) is -0.614. The van der Waals surface area contributed by atoms with Gasteiger partial charge in [0.15, 0.2) is 5.69 Å². The molecule has 1 aromatic heterocycles. The van der Waals surface area contributed by atoms with E-state index in [1.165, 1.54) is 4.68 Å². The molecule has 7 heteroatoms. The first-order chi connectivity index (χ1) is 8.02. The van der Waals surface area contributed by atoms with Crippen molar-refractivity contribution in [2.75, 3.05) is 6.61 Å². The Morgan fingerprint density at radius 1 is 1.59 bits per heavy atom. The number of rotatable bonds is 5. The van der Waals surface area contributed by atoms with E-state index in [9.17, 15) is 9.90 Å². The number of aliphatic hydroxyl groups excluding tert-OH is 1. The van der Waals surface area contributed by atoms with E-state index >= 15 is 0 Å². The monoisotopic (exact) mass is 242 g/mol. The second kappa shape index (κ2) is 5.74. The van der Waals surface area contributed by atoms with Crippen LogP contribution in [0.1, 0.15) is 43.0 Å². The Morgan fingerprint density at radius 3 is 2.71 bits per heavy atom. The quantitative estimate of drug-likeness (QED) is 0.696. The first-order valence-electron chi connectivity index (χ1n) is 5.52. The van der Waals surface area contributed by atoms with E-state index in [1.807, 2.05) is 0 Å². The van der Waals surface area contributed by atoms with Gasteiger partial charge in [0.1, 0.15) is 0 Å². The van der Waals surface area contributed by atoms with Crippen LogP contribution in [0.5, 0.6) is 0 Å². The minimum atomic E-state index is -0.614. The molecule has 1 heterocycles. The van der Waals surface area contributed by atoms with Crippen LogP contribution in [-0.2, 0) is 11.3 Å². The van der Waals surface area contributed by atoms with E-state index in [4.69, 9.17) is 10.5 Å². The van der Waals surface area contributed by atoms with E-state index in [-0.39, 0.29) is 24.9 Å². The normalized spacial score (nSPS) is 14.4. The van der Waals surface area contributed by atoms with Gasteiger partial charge in [0.05, 0.1) is 24.4 Å². The number of esters is 1. The van der Waals surface area contributed by atoms with Gasteiger partial charge in [-0.2, -0.15) is 0 Å². The Labute approximate surface area is 99.6 Å². The maximum absolute atomic E-state index is 11.6. The molecule has 2 atom stereocenters. The molecule has 0 aromatic carbocycles. The fourth-order valence-electron chi connectivity index (χ4n) is 1.39. The van der Waals surface area contributed by atoms with E-state index in [2.05, 4.69) is 10.3 Å². The van der Waals surface area contributed by atoms with Crippen LogP contribution in [0, 0.1) is 0 Å². The van der Waals surface area contributed by atoms with Crippen molar-refractivity contribution in [3.63, 3.8) is 0 Å². The molecule has 0 spiro atoms. The van der Waals surface area contributed by atoms with Crippen LogP contribution >= 0.6 is 0 Å². The van der Waals surface area contributed by atoms with Gasteiger partial charge in [0, 0.05) is 6.54 Å². The summed E-state index contributed by atoms with van der Waals surface area (Å²) in [6, 6.07) is -0.302. The highest BCUT2D eigenvalue weighted by Crippen LogP contribution is 2.15. The van der Waals surface area contributed by atoms with Crippen LogP contribution in [0.15, 0.2) is 0 Å². The summed E-state index contributed by atoms with van der Waals surface area (Å²) in [7, 11) is 0. The molecule has 0 aliphatic heterocycles. The lowest BCUT2D eigenvalue weighted by Gasteiger charge is -2.16. The Bertz CT molecular complexity index is 389. The predicted molar refractivity (Wildman–Crippen MR) is 60.3 cm³/mol. The van der Waals surface area contributed by atoms with Crippen molar-refractivity contribution >= 4 is 5.97 Å². The lowest BCUT2D eigenvalue weighted by molar-refractivity contribution is 0.0517. The molecule has 0 bridgehead atoms. The molecule has 0 aliphatic carbocycles.